The zero-order valence-corrected chi connectivity index (χ0v) is 12.1. The summed E-state index contributed by atoms with van der Waals surface area (Å²) in [7, 11) is 0. The maximum Gasteiger partial charge on any atom is 0.219 e. The highest BCUT2D eigenvalue weighted by Gasteiger charge is 2.04. The first-order valence-corrected chi connectivity index (χ1v) is 7.11. The number of benzene rings is 1. The third kappa shape index (κ3) is 3.71. The summed E-state index contributed by atoms with van der Waals surface area (Å²) in [6.45, 7) is 4.20. The molecular formula is C16H18ClNO. The van der Waals surface area contributed by atoms with Crippen LogP contribution in [0.5, 0.6) is 11.6 Å². The van der Waals surface area contributed by atoms with E-state index in [0.717, 1.165) is 29.8 Å². The molecule has 0 unspecified atom stereocenters. The van der Waals surface area contributed by atoms with Crippen LogP contribution in [0.2, 0.25) is 0 Å². The molecule has 0 aliphatic carbocycles. The monoisotopic (exact) mass is 275 g/mol. The van der Waals surface area contributed by atoms with Crippen molar-refractivity contribution < 1.29 is 4.74 Å². The Labute approximate surface area is 119 Å². The van der Waals surface area contributed by atoms with Gasteiger partial charge in [-0.1, -0.05) is 26.0 Å². The third-order valence-electron chi connectivity index (χ3n) is 2.99. The Hall–Kier alpha value is -1.54. The molecule has 0 atom stereocenters. The van der Waals surface area contributed by atoms with Gasteiger partial charge in [0.2, 0.25) is 5.88 Å². The number of hydrogen-bond donors (Lipinski definition) is 0. The fourth-order valence-corrected chi connectivity index (χ4v) is 2.00. The van der Waals surface area contributed by atoms with Crippen LogP contribution in [-0.2, 0) is 18.7 Å². The van der Waals surface area contributed by atoms with Crippen molar-refractivity contribution in [3.8, 4) is 11.6 Å². The van der Waals surface area contributed by atoms with Crippen LogP contribution in [0.25, 0.3) is 0 Å². The van der Waals surface area contributed by atoms with Crippen LogP contribution >= 0.6 is 11.6 Å². The summed E-state index contributed by atoms with van der Waals surface area (Å²) in [6, 6.07) is 12.0. The Kier molecular flexibility index (Phi) is 4.80. The summed E-state index contributed by atoms with van der Waals surface area (Å²) in [5, 5.41) is 0. The molecule has 0 aliphatic rings. The van der Waals surface area contributed by atoms with Gasteiger partial charge in [0.05, 0.1) is 0 Å². The summed E-state index contributed by atoms with van der Waals surface area (Å²) < 4.78 is 5.79. The van der Waals surface area contributed by atoms with Gasteiger partial charge >= 0.3 is 0 Å². The number of aryl methyl sites for hydroxylation is 2. The van der Waals surface area contributed by atoms with Crippen LogP contribution in [0.1, 0.15) is 30.7 Å². The van der Waals surface area contributed by atoms with Crippen molar-refractivity contribution in [3.63, 3.8) is 0 Å². The second-order valence-corrected chi connectivity index (χ2v) is 4.66. The lowest BCUT2D eigenvalue weighted by atomic mass is 10.2. The molecule has 0 aliphatic heterocycles. The van der Waals surface area contributed by atoms with Gasteiger partial charge in [-0.3, -0.25) is 0 Å². The quantitative estimate of drug-likeness (QED) is 0.736. The molecule has 0 radical (unpaired) electrons. The standard InChI is InChI=1S/C16H18ClNO/c1-3-12-5-7-15(8-6-12)19-16-10-13(11-17)9-14(4-2)18-16/h5-10H,3-4,11H2,1-2H3. The molecule has 0 N–H and O–H groups in total. The third-order valence-corrected chi connectivity index (χ3v) is 3.29. The smallest absolute Gasteiger partial charge is 0.219 e. The average molecular weight is 276 g/mol. The highest BCUT2D eigenvalue weighted by Crippen LogP contribution is 2.22. The molecule has 1 aromatic carbocycles. The van der Waals surface area contributed by atoms with Crippen molar-refractivity contribution >= 4 is 11.6 Å². The topological polar surface area (TPSA) is 22.1 Å². The van der Waals surface area contributed by atoms with Gasteiger partial charge in [0.15, 0.2) is 0 Å². The zero-order valence-electron chi connectivity index (χ0n) is 11.3. The molecule has 2 aromatic rings. The van der Waals surface area contributed by atoms with Crippen molar-refractivity contribution in [2.24, 2.45) is 0 Å². The van der Waals surface area contributed by atoms with Crippen LogP contribution in [0, 0.1) is 0 Å². The van der Waals surface area contributed by atoms with Crippen LogP contribution in [0.15, 0.2) is 36.4 Å². The molecule has 0 bridgehead atoms. The van der Waals surface area contributed by atoms with E-state index in [2.05, 4.69) is 31.0 Å². The Bertz CT molecular complexity index is 515. The minimum atomic E-state index is 0.473. The molecule has 0 saturated heterocycles. The molecule has 0 spiro atoms. The molecule has 0 amide bonds. The maximum absolute atomic E-state index is 5.89. The molecule has 19 heavy (non-hydrogen) atoms. The Morgan fingerprint density at radius 3 is 2.32 bits per heavy atom. The van der Waals surface area contributed by atoms with Crippen LogP contribution in [0.3, 0.4) is 0 Å². The van der Waals surface area contributed by atoms with Gasteiger partial charge in [-0.2, -0.15) is 0 Å². The number of nitrogens with zero attached hydrogens (tertiary/aromatic N) is 1. The lowest BCUT2D eigenvalue weighted by molar-refractivity contribution is 0.460. The van der Waals surface area contributed by atoms with Crippen molar-refractivity contribution in [2.45, 2.75) is 32.6 Å². The predicted molar refractivity (Wildman–Crippen MR) is 79.1 cm³/mol. The number of aromatic nitrogens is 1. The van der Waals surface area contributed by atoms with E-state index in [1.807, 2.05) is 24.3 Å². The molecule has 1 aromatic heterocycles. The predicted octanol–water partition coefficient (Wildman–Crippen LogP) is 4.74. The Balaban J connectivity index is 2.21. The lowest BCUT2D eigenvalue weighted by Gasteiger charge is -2.08. The highest BCUT2D eigenvalue weighted by molar-refractivity contribution is 6.17. The first-order valence-electron chi connectivity index (χ1n) is 6.57. The Morgan fingerprint density at radius 2 is 1.74 bits per heavy atom. The number of ether oxygens (including phenoxy) is 1. The summed E-state index contributed by atoms with van der Waals surface area (Å²) in [6.07, 6.45) is 1.90. The van der Waals surface area contributed by atoms with Crippen molar-refractivity contribution in [1.29, 1.82) is 0 Å². The molecule has 0 fully saturated rings. The molecule has 2 rings (SSSR count). The van der Waals surface area contributed by atoms with Crippen LogP contribution < -0.4 is 4.74 Å². The Morgan fingerprint density at radius 1 is 1.00 bits per heavy atom. The average Bonchev–Trinajstić information content (AvgIpc) is 2.47. The van der Waals surface area contributed by atoms with E-state index in [-0.39, 0.29) is 0 Å². The van der Waals surface area contributed by atoms with Gasteiger partial charge in [-0.15, -0.1) is 11.6 Å². The molecular weight excluding hydrogens is 258 g/mol. The molecule has 1 heterocycles. The molecule has 100 valence electrons. The lowest BCUT2D eigenvalue weighted by Crippen LogP contribution is -1.95. The fraction of sp³-hybridized carbons (Fsp3) is 0.312. The number of alkyl halides is 1. The maximum atomic E-state index is 5.89. The van der Waals surface area contributed by atoms with Gasteiger partial charge < -0.3 is 4.74 Å². The summed E-state index contributed by atoms with van der Waals surface area (Å²) in [5.41, 5.74) is 3.33. The van der Waals surface area contributed by atoms with Gasteiger partial charge in [0.25, 0.3) is 0 Å². The summed E-state index contributed by atoms with van der Waals surface area (Å²) in [5.74, 6) is 1.89. The van der Waals surface area contributed by atoms with Crippen LogP contribution in [-0.4, -0.2) is 4.98 Å². The van der Waals surface area contributed by atoms with E-state index >= 15 is 0 Å². The fourth-order valence-electron chi connectivity index (χ4n) is 1.84. The summed E-state index contributed by atoms with van der Waals surface area (Å²) in [4.78, 5) is 4.46. The SMILES string of the molecule is CCc1ccc(Oc2cc(CCl)cc(CC)n2)cc1. The number of rotatable bonds is 5. The number of hydrogen-bond acceptors (Lipinski definition) is 2. The largest absolute Gasteiger partial charge is 0.439 e. The second kappa shape index (κ2) is 6.58. The normalized spacial score (nSPS) is 10.5. The molecule has 2 nitrogen and oxygen atoms in total. The van der Waals surface area contributed by atoms with E-state index < -0.39 is 0 Å². The zero-order chi connectivity index (χ0) is 13.7. The van der Waals surface area contributed by atoms with Crippen molar-refractivity contribution in [3.05, 3.63) is 53.2 Å². The first-order chi connectivity index (χ1) is 9.25. The van der Waals surface area contributed by atoms with Gasteiger partial charge in [0, 0.05) is 17.6 Å². The minimum absolute atomic E-state index is 0.473. The van der Waals surface area contributed by atoms with E-state index in [0.29, 0.717) is 11.8 Å². The summed E-state index contributed by atoms with van der Waals surface area (Å²) >= 11 is 5.89. The molecule has 3 heteroatoms. The van der Waals surface area contributed by atoms with Gasteiger partial charge in [-0.05, 0) is 42.2 Å². The van der Waals surface area contributed by atoms with E-state index in [4.69, 9.17) is 16.3 Å². The van der Waals surface area contributed by atoms with Gasteiger partial charge in [-0.25, -0.2) is 4.98 Å². The molecule has 0 saturated carbocycles. The second-order valence-electron chi connectivity index (χ2n) is 4.39. The number of halogens is 1. The van der Waals surface area contributed by atoms with E-state index in [9.17, 15) is 0 Å². The van der Waals surface area contributed by atoms with Crippen molar-refractivity contribution in [2.75, 3.05) is 0 Å². The van der Waals surface area contributed by atoms with Crippen LogP contribution in [0.4, 0.5) is 0 Å². The number of pyridine rings is 1. The highest BCUT2D eigenvalue weighted by atomic mass is 35.5. The van der Waals surface area contributed by atoms with E-state index in [1.54, 1.807) is 0 Å². The van der Waals surface area contributed by atoms with Gasteiger partial charge in [0.1, 0.15) is 5.75 Å². The van der Waals surface area contributed by atoms with Crippen molar-refractivity contribution in [1.82, 2.24) is 4.98 Å². The first kappa shape index (κ1) is 13.9. The van der Waals surface area contributed by atoms with E-state index in [1.165, 1.54) is 5.56 Å². The minimum Gasteiger partial charge on any atom is -0.439 e.